The van der Waals surface area contributed by atoms with Crippen LogP contribution in [0.4, 0.5) is 17.6 Å². The lowest BCUT2D eigenvalue weighted by molar-refractivity contribution is 1.07. The summed E-state index contributed by atoms with van der Waals surface area (Å²) >= 11 is 6.07. The van der Waals surface area contributed by atoms with Gasteiger partial charge in [0.1, 0.15) is 0 Å². The highest BCUT2D eigenvalue weighted by atomic mass is 35.5. The van der Waals surface area contributed by atoms with Gasteiger partial charge in [0.25, 0.3) is 0 Å². The largest absolute Gasteiger partial charge is 0.368 e. The molecule has 0 spiro atoms. The molecule has 3 rings (SSSR count). The standard InChI is InChI=1S/C17H16ClN5/c1-10-3-7-13(8-4-10)20-17-22-15(21-16(19)23-17)14-9-12(18)6-5-11(14)2/h3-9H,1-2H3,(H3,19,20,21,22,23). The number of hydrogen-bond acceptors (Lipinski definition) is 5. The molecule has 0 radical (unpaired) electrons. The van der Waals surface area contributed by atoms with E-state index >= 15 is 0 Å². The fraction of sp³-hybridized carbons (Fsp3) is 0.118. The molecule has 0 aliphatic heterocycles. The minimum Gasteiger partial charge on any atom is -0.368 e. The van der Waals surface area contributed by atoms with Gasteiger partial charge in [-0.25, -0.2) is 0 Å². The molecule has 3 aromatic rings. The number of nitrogens with zero attached hydrogens (tertiary/aromatic N) is 3. The molecule has 0 saturated carbocycles. The van der Waals surface area contributed by atoms with E-state index in [4.69, 9.17) is 17.3 Å². The van der Waals surface area contributed by atoms with Gasteiger partial charge in [0.15, 0.2) is 5.82 Å². The Morgan fingerprint density at radius 2 is 1.70 bits per heavy atom. The van der Waals surface area contributed by atoms with E-state index < -0.39 is 0 Å². The van der Waals surface area contributed by atoms with Crippen LogP contribution in [0.2, 0.25) is 5.02 Å². The van der Waals surface area contributed by atoms with E-state index in [2.05, 4.69) is 20.3 Å². The molecular weight excluding hydrogens is 310 g/mol. The first-order valence-electron chi connectivity index (χ1n) is 7.13. The molecule has 3 N–H and O–H groups in total. The van der Waals surface area contributed by atoms with Crippen LogP contribution >= 0.6 is 11.6 Å². The zero-order valence-corrected chi connectivity index (χ0v) is 13.6. The summed E-state index contributed by atoms with van der Waals surface area (Å²) < 4.78 is 0. The predicted molar refractivity (Wildman–Crippen MR) is 93.9 cm³/mol. The lowest BCUT2D eigenvalue weighted by Gasteiger charge is -2.09. The van der Waals surface area contributed by atoms with E-state index in [1.807, 2.05) is 56.3 Å². The van der Waals surface area contributed by atoms with E-state index in [1.54, 1.807) is 0 Å². The van der Waals surface area contributed by atoms with Gasteiger partial charge in [-0.1, -0.05) is 35.4 Å². The molecule has 5 nitrogen and oxygen atoms in total. The van der Waals surface area contributed by atoms with Crippen molar-refractivity contribution in [1.29, 1.82) is 0 Å². The smallest absolute Gasteiger partial charge is 0.232 e. The Morgan fingerprint density at radius 1 is 0.957 bits per heavy atom. The Morgan fingerprint density at radius 3 is 2.43 bits per heavy atom. The zero-order valence-electron chi connectivity index (χ0n) is 12.8. The van der Waals surface area contributed by atoms with Crippen LogP contribution in [-0.2, 0) is 0 Å². The Bertz CT molecular complexity index is 846. The van der Waals surface area contributed by atoms with Crippen molar-refractivity contribution in [3.8, 4) is 11.4 Å². The van der Waals surface area contributed by atoms with Gasteiger partial charge in [0.05, 0.1) is 0 Å². The van der Waals surface area contributed by atoms with Gasteiger partial charge in [-0.3, -0.25) is 0 Å². The van der Waals surface area contributed by atoms with Gasteiger partial charge < -0.3 is 11.1 Å². The minimum atomic E-state index is 0.156. The van der Waals surface area contributed by atoms with Gasteiger partial charge in [0, 0.05) is 16.3 Å². The maximum atomic E-state index is 6.07. The highest BCUT2D eigenvalue weighted by Gasteiger charge is 2.10. The average molecular weight is 326 g/mol. The van der Waals surface area contributed by atoms with E-state index in [-0.39, 0.29) is 5.95 Å². The van der Waals surface area contributed by atoms with E-state index in [9.17, 15) is 0 Å². The number of anilines is 3. The Kier molecular flexibility index (Phi) is 4.12. The van der Waals surface area contributed by atoms with Crippen LogP contribution in [0.15, 0.2) is 42.5 Å². The first-order chi connectivity index (χ1) is 11.0. The maximum Gasteiger partial charge on any atom is 0.232 e. The summed E-state index contributed by atoms with van der Waals surface area (Å²) in [7, 11) is 0. The molecule has 0 bridgehead atoms. The lowest BCUT2D eigenvalue weighted by atomic mass is 10.1. The number of nitrogens with two attached hydrogens (primary N) is 1. The van der Waals surface area contributed by atoms with Gasteiger partial charge >= 0.3 is 0 Å². The fourth-order valence-electron chi connectivity index (χ4n) is 2.17. The molecule has 0 fully saturated rings. The molecule has 116 valence electrons. The molecule has 0 unspecified atom stereocenters. The average Bonchev–Trinajstić information content (AvgIpc) is 2.51. The molecule has 1 aromatic heterocycles. The number of nitrogens with one attached hydrogen (secondary N) is 1. The summed E-state index contributed by atoms with van der Waals surface area (Å²) in [6, 6.07) is 13.5. The van der Waals surface area contributed by atoms with Crippen LogP contribution in [0.3, 0.4) is 0 Å². The van der Waals surface area contributed by atoms with Crippen molar-refractivity contribution in [3.63, 3.8) is 0 Å². The molecule has 0 atom stereocenters. The maximum absolute atomic E-state index is 6.07. The summed E-state index contributed by atoms with van der Waals surface area (Å²) in [4.78, 5) is 12.8. The first kappa shape index (κ1) is 15.2. The lowest BCUT2D eigenvalue weighted by Crippen LogP contribution is -2.05. The molecule has 0 aliphatic rings. The predicted octanol–water partition coefficient (Wildman–Crippen LogP) is 4.13. The van der Waals surface area contributed by atoms with Crippen LogP contribution in [0.25, 0.3) is 11.4 Å². The van der Waals surface area contributed by atoms with Crippen LogP contribution < -0.4 is 11.1 Å². The molecule has 1 heterocycles. The molecule has 0 saturated heterocycles. The topological polar surface area (TPSA) is 76.7 Å². The molecule has 0 amide bonds. The quantitative estimate of drug-likeness (QED) is 0.757. The number of aryl methyl sites for hydroxylation is 2. The minimum absolute atomic E-state index is 0.156. The van der Waals surface area contributed by atoms with Gasteiger partial charge in [-0.2, -0.15) is 15.0 Å². The number of aromatic nitrogens is 3. The molecular formula is C17H16ClN5. The van der Waals surface area contributed by atoms with Gasteiger partial charge in [-0.15, -0.1) is 0 Å². The van der Waals surface area contributed by atoms with Crippen molar-refractivity contribution in [2.45, 2.75) is 13.8 Å². The number of nitrogen functional groups attached to an aromatic ring is 1. The van der Waals surface area contributed by atoms with Gasteiger partial charge in [0.2, 0.25) is 11.9 Å². The Balaban J connectivity index is 1.99. The summed E-state index contributed by atoms with van der Waals surface area (Å²) in [5.74, 6) is 1.05. The highest BCUT2D eigenvalue weighted by Crippen LogP contribution is 2.25. The molecule has 23 heavy (non-hydrogen) atoms. The van der Waals surface area contributed by atoms with E-state index in [0.29, 0.717) is 16.8 Å². The Labute approximate surface area is 139 Å². The third kappa shape index (κ3) is 3.57. The second-order valence-electron chi connectivity index (χ2n) is 5.29. The molecule has 0 aliphatic carbocycles. The summed E-state index contributed by atoms with van der Waals surface area (Å²) in [6.07, 6.45) is 0. The van der Waals surface area contributed by atoms with Crippen molar-refractivity contribution in [2.24, 2.45) is 0 Å². The number of hydrogen-bond donors (Lipinski definition) is 2. The van der Waals surface area contributed by atoms with Crippen molar-refractivity contribution in [3.05, 3.63) is 58.6 Å². The van der Waals surface area contributed by atoms with E-state index in [0.717, 1.165) is 16.8 Å². The van der Waals surface area contributed by atoms with Gasteiger partial charge in [-0.05, 0) is 43.7 Å². The normalized spacial score (nSPS) is 10.6. The summed E-state index contributed by atoms with van der Waals surface area (Å²) in [5, 5.41) is 3.76. The van der Waals surface area contributed by atoms with Crippen LogP contribution in [-0.4, -0.2) is 15.0 Å². The second-order valence-corrected chi connectivity index (χ2v) is 5.73. The van der Waals surface area contributed by atoms with Crippen molar-refractivity contribution in [2.75, 3.05) is 11.1 Å². The number of rotatable bonds is 3. The number of halogens is 1. The van der Waals surface area contributed by atoms with Crippen molar-refractivity contribution < 1.29 is 0 Å². The van der Waals surface area contributed by atoms with Crippen molar-refractivity contribution in [1.82, 2.24) is 15.0 Å². The SMILES string of the molecule is Cc1ccc(Nc2nc(N)nc(-c3cc(Cl)ccc3C)n2)cc1. The highest BCUT2D eigenvalue weighted by molar-refractivity contribution is 6.30. The Hall–Kier alpha value is -2.66. The molecule has 6 heteroatoms. The third-order valence-corrected chi connectivity index (χ3v) is 3.64. The van der Waals surface area contributed by atoms with Crippen LogP contribution in [0.1, 0.15) is 11.1 Å². The first-order valence-corrected chi connectivity index (χ1v) is 7.51. The summed E-state index contributed by atoms with van der Waals surface area (Å²) in [5.41, 5.74) is 9.74. The van der Waals surface area contributed by atoms with E-state index in [1.165, 1.54) is 5.56 Å². The van der Waals surface area contributed by atoms with Crippen LogP contribution in [0, 0.1) is 13.8 Å². The fourth-order valence-corrected chi connectivity index (χ4v) is 2.34. The monoisotopic (exact) mass is 325 g/mol. The third-order valence-electron chi connectivity index (χ3n) is 3.40. The second kappa shape index (κ2) is 6.22. The molecule has 2 aromatic carbocycles. The van der Waals surface area contributed by atoms with Crippen LogP contribution in [0.5, 0.6) is 0 Å². The van der Waals surface area contributed by atoms with Crippen molar-refractivity contribution >= 4 is 29.2 Å². The zero-order chi connectivity index (χ0) is 16.4. The number of benzene rings is 2. The summed E-state index contributed by atoms with van der Waals surface area (Å²) in [6.45, 7) is 4.00.